The Balaban J connectivity index is 2.85. The number of aromatic nitrogens is 1. The first-order valence-electron chi connectivity index (χ1n) is 3.25. The molecule has 0 N–H and O–H groups in total. The average molecular weight is 167 g/mol. The summed E-state index contributed by atoms with van der Waals surface area (Å²) in [4.78, 5) is 4.01. The van der Waals surface area contributed by atoms with Crippen molar-refractivity contribution in [3.63, 3.8) is 0 Å². The number of nitrogens with zero attached hydrogens (tertiary/aromatic N) is 2. The van der Waals surface area contributed by atoms with Crippen LogP contribution in [0.25, 0.3) is 0 Å². The van der Waals surface area contributed by atoms with Crippen LogP contribution >= 0.6 is 11.6 Å². The van der Waals surface area contributed by atoms with Crippen molar-refractivity contribution < 1.29 is 0 Å². The molecule has 56 valence electrons. The van der Waals surface area contributed by atoms with Gasteiger partial charge < -0.3 is 0 Å². The first kappa shape index (κ1) is 8.03. The van der Waals surface area contributed by atoms with E-state index in [2.05, 4.69) is 11.1 Å². The van der Waals surface area contributed by atoms with Gasteiger partial charge in [-0.3, -0.25) is 4.98 Å². The lowest BCUT2D eigenvalue weighted by molar-refractivity contribution is 0.927. The van der Waals surface area contributed by atoms with Crippen LogP contribution in [-0.4, -0.2) is 10.9 Å². The van der Waals surface area contributed by atoms with Gasteiger partial charge in [0.2, 0.25) is 0 Å². The smallest absolute Gasteiger partial charge is 0.102 e. The Hall–Kier alpha value is -1.07. The molecule has 0 aromatic carbocycles. The molecule has 0 spiro atoms. The summed E-state index contributed by atoms with van der Waals surface area (Å²) in [6.07, 6.45) is 1.66. The highest BCUT2D eigenvalue weighted by Crippen LogP contribution is 2.12. The average Bonchev–Trinajstić information content (AvgIpc) is 2.09. The van der Waals surface area contributed by atoms with Crippen LogP contribution in [0.5, 0.6) is 0 Å². The topological polar surface area (TPSA) is 36.7 Å². The minimum atomic E-state index is -0.280. The van der Waals surface area contributed by atoms with Crippen LogP contribution < -0.4 is 0 Å². The summed E-state index contributed by atoms with van der Waals surface area (Å²) in [5.41, 5.74) is 0.741. The van der Waals surface area contributed by atoms with E-state index >= 15 is 0 Å². The number of alkyl halides is 1. The zero-order valence-electron chi connectivity index (χ0n) is 5.87. The summed E-state index contributed by atoms with van der Waals surface area (Å²) in [7, 11) is 0. The maximum atomic E-state index is 8.61. The van der Waals surface area contributed by atoms with Crippen molar-refractivity contribution in [2.75, 3.05) is 5.88 Å². The van der Waals surface area contributed by atoms with Crippen LogP contribution in [0.3, 0.4) is 0 Å². The van der Waals surface area contributed by atoms with Gasteiger partial charge in [0.25, 0.3) is 0 Å². The molecule has 0 saturated heterocycles. The van der Waals surface area contributed by atoms with E-state index in [0.717, 1.165) is 5.69 Å². The first-order chi connectivity index (χ1) is 5.38. The Morgan fingerprint density at radius 3 is 2.91 bits per heavy atom. The molecule has 11 heavy (non-hydrogen) atoms. The number of hydrogen-bond acceptors (Lipinski definition) is 2. The van der Waals surface area contributed by atoms with Crippen LogP contribution in [-0.2, 0) is 0 Å². The van der Waals surface area contributed by atoms with Crippen LogP contribution in [0.2, 0.25) is 0 Å². The lowest BCUT2D eigenvalue weighted by Crippen LogP contribution is -1.98. The molecule has 0 amide bonds. The largest absolute Gasteiger partial charge is 0.260 e. The Morgan fingerprint density at radius 1 is 1.64 bits per heavy atom. The van der Waals surface area contributed by atoms with Gasteiger partial charge in [0, 0.05) is 12.1 Å². The highest BCUT2D eigenvalue weighted by molar-refractivity contribution is 6.18. The van der Waals surface area contributed by atoms with Crippen molar-refractivity contribution in [1.82, 2.24) is 4.98 Å². The van der Waals surface area contributed by atoms with E-state index in [0.29, 0.717) is 5.88 Å². The predicted octanol–water partition coefficient (Wildman–Crippen LogP) is 1.93. The summed E-state index contributed by atoms with van der Waals surface area (Å²) >= 11 is 5.54. The summed E-state index contributed by atoms with van der Waals surface area (Å²) in [6.45, 7) is 0. The summed E-state index contributed by atoms with van der Waals surface area (Å²) in [6, 6.07) is 7.53. The molecule has 1 unspecified atom stereocenters. The number of halogens is 1. The van der Waals surface area contributed by atoms with Crippen molar-refractivity contribution in [2.45, 2.75) is 5.92 Å². The van der Waals surface area contributed by atoms with E-state index in [9.17, 15) is 0 Å². The van der Waals surface area contributed by atoms with Gasteiger partial charge in [-0.05, 0) is 12.1 Å². The fraction of sp³-hybridized carbons (Fsp3) is 0.250. The zero-order chi connectivity index (χ0) is 8.10. The lowest BCUT2D eigenvalue weighted by Gasteiger charge is -2.01. The SMILES string of the molecule is N#CC(CCl)c1ccccn1. The monoisotopic (exact) mass is 166 g/mol. The highest BCUT2D eigenvalue weighted by Gasteiger charge is 2.08. The van der Waals surface area contributed by atoms with Gasteiger partial charge in [-0.1, -0.05) is 6.07 Å². The van der Waals surface area contributed by atoms with Gasteiger partial charge >= 0.3 is 0 Å². The first-order valence-corrected chi connectivity index (χ1v) is 3.78. The fourth-order valence-corrected chi connectivity index (χ4v) is 0.989. The Morgan fingerprint density at radius 2 is 2.45 bits per heavy atom. The van der Waals surface area contributed by atoms with Crippen molar-refractivity contribution >= 4 is 11.6 Å². The van der Waals surface area contributed by atoms with Gasteiger partial charge in [0.15, 0.2) is 0 Å². The maximum absolute atomic E-state index is 8.61. The Bertz CT molecular complexity index is 253. The van der Waals surface area contributed by atoms with Gasteiger partial charge in [0.05, 0.1) is 11.8 Å². The minimum Gasteiger partial charge on any atom is -0.260 e. The third-order valence-electron chi connectivity index (χ3n) is 1.35. The molecule has 1 aromatic heterocycles. The van der Waals surface area contributed by atoms with Crippen LogP contribution in [0.1, 0.15) is 11.6 Å². The molecule has 0 bridgehead atoms. The molecule has 1 atom stereocenters. The van der Waals surface area contributed by atoms with Crippen LogP contribution in [0, 0.1) is 11.3 Å². The predicted molar refractivity (Wildman–Crippen MR) is 43.3 cm³/mol. The number of pyridine rings is 1. The van der Waals surface area contributed by atoms with Crippen molar-refractivity contribution in [3.05, 3.63) is 30.1 Å². The molecule has 0 saturated carbocycles. The molecular weight excluding hydrogens is 160 g/mol. The van der Waals surface area contributed by atoms with E-state index in [1.807, 2.05) is 12.1 Å². The summed E-state index contributed by atoms with van der Waals surface area (Å²) in [5, 5.41) is 8.61. The lowest BCUT2D eigenvalue weighted by atomic mass is 10.1. The Kier molecular flexibility index (Phi) is 2.88. The molecular formula is C8H7ClN2. The second-order valence-electron chi connectivity index (χ2n) is 2.09. The minimum absolute atomic E-state index is 0.280. The Labute approximate surface area is 70.4 Å². The summed E-state index contributed by atoms with van der Waals surface area (Å²) < 4.78 is 0. The fourth-order valence-electron chi connectivity index (χ4n) is 0.762. The van der Waals surface area contributed by atoms with Crippen LogP contribution in [0.15, 0.2) is 24.4 Å². The number of hydrogen-bond donors (Lipinski definition) is 0. The van der Waals surface area contributed by atoms with Crippen molar-refractivity contribution in [3.8, 4) is 6.07 Å². The molecule has 0 radical (unpaired) electrons. The molecule has 0 fully saturated rings. The van der Waals surface area contributed by atoms with Gasteiger partial charge in [0.1, 0.15) is 5.92 Å². The van der Waals surface area contributed by atoms with E-state index in [4.69, 9.17) is 16.9 Å². The van der Waals surface area contributed by atoms with E-state index in [1.165, 1.54) is 0 Å². The highest BCUT2D eigenvalue weighted by atomic mass is 35.5. The molecule has 3 heteroatoms. The third kappa shape index (κ3) is 1.92. The van der Waals surface area contributed by atoms with E-state index < -0.39 is 0 Å². The van der Waals surface area contributed by atoms with Crippen molar-refractivity contribution in [2.24, 2.45) is 0 Å². The molecule has 0 aliphatic carbocycles. The molecule has 1 aromatic rings. The number of nitriles is 1. The maximum Gasteiger partial charge on any atom is 0.102 e. The summed E-state index contributed by atoms with van der Waals surface area (Å²) in [5.74, 6) is 0.0194. The molecule has 0 aliphatic heterocycles. The molecule has 2 nitrogen and oxygen atoms in total. The zero-order valence-corrected chi connectivity index (χ0v) is 6.62. The standard InChI is InChI=1S/C8H7ClN2/c9-5-7(6-10)8-3-1-2-4-11-8/h1-4,7H,5H2. The van der Waals surface area contributed by atoms with Crippen molar-refractivity contribution in [1.29, 1.82) is 5.26 Å². The van der Waals surface area contributed by atoms with Gasteiger partial charge in [-0.15, -0.1) is 11.6 Å². The van der Waals surface area contributed by atoms with E-state index in [1.54, 1.807) is 12.3 Å². The normalized spacial score (nSPS) is 12.0. The van der Waals surface area contributed by atoms with E-state index in [-0.39, 0.29) is 5.92 Å². The number of rotatable bonds is 2. The molecule has 1 rings (SSSR count). The third-order valence-corrected chi connectivity index (χ3v) is 1.66. The second-order valence-corrected chi connectivity index (χ2v) is 2.40. The van der Waals surface area contributed by atoms with Gasteiger partial charge in [-0.2, -0.15) is 5.26 Å². The quantitative estimate of drug-likeness (QED) is 0.630. The van der Waals surface area contributed by atoms with Gasteiger partial charge in [-0.25, -0.2) is 0 Å². The second kappa shape index (κ2) is 3.95. The molecule has 1 heterocycles. The van der Waals surface area contributed by atoms with Crippen LogP contribution in [0.4, 0.5) is 0 Å². The molecule has 0 aliphatic rings.